The van der Waals surface area contributed by atoms with Gasteiger partial charge in [0.25, 0.3) is 15.7 Å². The lowest BCUT2D eigenvalue weighted by Crippen LogP contribution is -2.21. The summed E-state index contributed by atoms with van der Waals surface area (Å²) in [7, 11) is -4.30. The van der Waals surface area contributed by atoms with Crippen LogP contribution in [0.25, 0.3) is 5.69 Å². The molecule has 102 valence electrons. The van der Waals surface area contributed by atoms with Gasteiger partial charge >= 0.3 is 0 Å². The quantitative estimate of drug-likeness (QED) is 0.833. The van der Waals surface area contributed by atoms with Gasteiger partial charge in [-0.1, -0.05) is 18.2 Å². The van der Waals surface area contributed by atoms with Crippen molar-refractivity contribution < 1.29 is 13.0 Å². The van der Waals surface area contributed by atoms with Crippen LogP contribution in [0, 0.1) is 6.92 Å². The molecule has 2 aromatic rings. The maximum Gasteiger partial charge on any atom is 0.276 e. The van der Waals surface area contributed by atoms with Crippen LogP contribution in [0.5, 0.6) is 0 Å². The summed E-state index contributed by atoms with van der Waals surface area (Å²) in [6.45, 7) is 2.88. The van der Waals surface area contributed by atoms with Gasteiger partial charge in [0.15, 0.2) is 0 Å². The fourth-order valence-electron chi connectivity index (χ4n) is 1.95. The predicted molar refractivity (Wildman–Crippen MR) is 71.1 cm³/mol. The van der Waals surface area contributed by atoms with Crippen molar-refractivity contribution in [2.24, 2.45) is 0 Å². The van der Waals surface area contributed by atoms with Gasteiger partial charge in [-0.3, -0.25) is 14.4 Å². The van der Waals surface area contributed by atoms with Gasteiger partial charge in [0.05, 0.1) is 11.3 Å². The normalized spacial score (nSPS) is 13.4. The monoisotopic (exact) mass is 282 g/mol. The molecule has 6 nitrogen and oxygen atoms in total. The van der Waals surface area contributed by atoms with Gasteiger partial charge in [-0.25, -0.2) is 4.68 Å². The zero-order valence-corrected chi connectivity index (χ0v) is 11.3. The number of para-hydroxylation sites is 1. The van der Waals surface area contributed by atoms with E-state index >= 15 is 0 Å². The number of benzene rings is 1. The van der Waals surface area contributed by atoms with Gasteiger partial charge in [-0.15, -0.1) is 0 Å². The molecule has 0 saturated carbocycles. The first-order valence-electron chi connectivity index (χ1n) is 5.65. The Morgan fingerprint density at radius 2 is 1.84 bits per heavy atom. The Morgan fingerprint density at radius 1 is 1.26 bits per heavy atom. The molecule has 1 aromatic carbocycles. The summed E-state index contributed by atoms with van der Waals surface area (Å²) in [5, 5.41) is 1.55. The van der Waals surface area contributed by atoms with Crippen LogP contribution in [0.2, 0.25) is 0 Å². The number of hydrogen-bond acceptors (Lipinski definition) is 3. The zero-order valence-electron chi connectivity index (χ0n) is 10.5. The molecule has 1 unspecified atom stereocenters. The van der Waals surface area contributed by atoms with Crippen LogP contribution in [0.1, 0.15) is 23.4 Å². The molecule has 0 bridgehead atoms. The number of aryl methyl sites for hydroxylation is 1. The summed E-state index contributed by atoms with van der Waals surface area (Å²) in [6.07, 6.45) is 0. The minimum absolute atomic E-state index is 0.0475. The second-order valence-electron chi connectivity index (χ2n) is 4.28. The second kappa shape index (κ2) is 4.67. The minimum atomic E-state index is -4.30. The van der Waals surface area contributed by atoms with E-state index in [-0.39, 0.29) is 5.56 Å². The van der Waals surface area contributed by atoms with E-state index in [1.54, 1.807) is 31.2 Å². The van der Waals surface area contributed by atoms with E-state index in [0.29, 0.717) is 11.4 Å². The third kappa shape index (κ3) is 2.47. The van der Waals surface area contributed by atoms with Crippen LogP contribution in [0.15, 0.2) is 35.1 Å². The molecule has 0 aliphatic rings. The predicted octanol–water partition coefficient (Wildman–Crippen LogP) is 1.42. The van der Waals surface area contributed by atoms with E-state index in [2.05, 4.69) is 5.10 Å². The highest BCUT2D eigenvalue weighted by Crippen LogP contribution is 2.20. The van der Waals surface area contributed by atoms with Crippen molar-refractivity contribution in [1.82, 2.24) is 9.78 Å². The van der Waals surface area contributed by atoms with Crippen molar-refractivity contribution in [2.75, 3.05) is 0 Å². The first-order chi connectivity index (χ1) is 8.82. The molecule has 0 fully saturated rings. The van der Waals surface area contributed by atoms with Crippen molar-refractivity contribution in [3.05, 3.63) is 51.9 Å². The molecule has 7 heteroatoms. The maximum atomic E-state index is 12.2. The van der Waals surface area contributed by atoms with Crippen LogP contribution >= 0.6 is 0 Å². The Balaban J connectivity index is 2.63. The Bertz CT molecular complexity index is 744. The van der Waals surface area contributed by atoms with E-state index in [1.165, 1.54) is 11.6 Å². The van der Waals surface area contributed by atoms with Crippen LogP contribution in [-0.2, 0) is 10.1 Å². The summed E-state index contributed by atoms with van der Waals surface area (Å²) < 4.78 is 32.7. The Labute approximate surface area is 110 Å². The molecule has 0 spiro atoms. The smallest absolute Gasteiger partial charge is 0.276 e. The van der Waals surface area contributed by atoms with Crippen molar-refractivity contribution in [3.63, 3.8) is 0 Å². The zero-order chi connectivity index (χ0) is 14.2. The SMILES string of the molecule is Cc1[nH]n(-c2ccccc2)c(=O)c1C(C)S(=O)(=O)O. The van der Waals surface area contributed by atoms with Gasteiger partial charge in [-0.05, 0) is 26.0 Å². The van der Waals surface area contributed by atoms with Gasteiger partial charge in [0, 0.05) is 5.69 Å². The highest BCUT2D eigenvalue weighted by molar-refractivity contribution is 7.86. The summed E-state index contributed by atoms with van der Waals surface area (Å²) in [6, 6.07) is 8.79. The molecule has 0 aliphatic heterocycles. The molecule has 0 amide bonds. The van der Waals surface area contributed by atoms with Crippen LogP contribution < -0.4 is 5.56 Å². The average Bonchev–Trinajstić information content (AvgIpc) is 2.64. The number of aromatic amines is 1. The lowest BCUT2D eigenvalue weighted by atomic mass is 10.2. The molecule has 2 N–H and O–H groups in total. The highest BCUT2D eigenvalue weighted by Gasteiger charge is 2.27. The minimum Gasteiger partial charge on any atom is -0.295 e. The molecule has 0 saturated heterocycles. The second-order valence-corrected chi connectivity index (χ2v) is 6.02. The van der Waals surface area contributed by atoms with Crippen LogP contribution in [0.4, 0.5) is 0 Å². The van der Waals surface area contributed by atoms with E-state index in [1.807, 2.05) is 6.07 Å². The third-order valence-corrected chi connectivity index (χ3v) is 4.11. The van der Waals surface area contributed by atoms with E-state index < -0.39 is 20.9 Å². The van der Waals surface area contributed by atoms with Gasteiger partial charge in [-0.2, -0.15) is 8.42 Å². The number of hydrogen-bond donors (Lipinski definition) is 2. The van der Waals surface area contributed by atoms with E-state index in [0.717, 1.165) is 0 Å². The molecule has 19 heavy (non-hydrogen) atoms. The van der Waals surface area contributed by atoms with E-state index in [4.69, 9.17) is 4.55 Å². The number of nitrogens with one attached hydrogen (secondary N) is 1. The molecular formula is C12H14N2O4S. The molecule has 1 heterocycles. The molecule has 0 radical (unpaired) electrons. The Kier molecular flexibility index (Phi) is 3.34. The Morgan fingerprint density at radius 3 is 2.37 bits per heavy atom. The standard InChI is InChI=1S/C12H14N2O4S/c1-8-11(9(2)19(16,17)18)12(15)14(13-8)10-6-4-3-5-7-10/h3-7,9,13H,1-2H3,(H,16,17,18). The number of rotatable bonds is 3. The van der Waals surface area contributed by atoms with Crippen LogP contribution in [0.3, 0.4) is 0 Å². The van der Waals surface area contributed by atoms with Crippen LogP contribution in [-0.4, -0.2) is 22.8 Å². The molecule has 2 rings (SSSR count). The summed E-state index contributed by atoms with van der Waals surface area (Å²) in [4.78, 5) is 12.2. The fourth-order valence-corrected chi connectivity index (χ4v) is 2.52. The van der Waals surface area contributed by atoms with Crippen molar-refractivity contribution in [2.45, 2.75) is 19.1 Å². The summed E-state index contributed by atoms with van der Waals surface area (Å²) in [5.74, 6) is 0. The summed E-state index contributed by atoms with van der Waals surface area (Å²) >= 11 is 0. The van der Waals surface area contributed by atoms with Gasteiger partial charge in [0.1, 0.15) is 5.25 Å². The highest BCUT2D eigenvalue weighted by atomic mass is 32.2. The first kappa shape index (κ1) is 13.6. The van der Waals surface area contributed by atoms with Crippen molar-refractivity contribution >= 4 is 10.1 Å². The van der Waals surface area contributed by atoms with Crippen molar-refractivity contribution in [1.29, 1.82) is 0 Å². The Hall–Kier alpha value is -1.86. The molecule has 1 aromatic heterocycles. The lowest BCUT2D eigenvalue weighted by molar-refractivity contribution is 0.471. The topological polar surface area (TPSA) is 92.2 Å². The molecule has 0 aliphatic carbocycles. The molecular weight excluding hydrogens is 268 g/mol. The van der Waals surface area contributed by atoms with Gasteiger partial charge < -0.3 is 0 Å². The third-order valence-electron chi connectivity index (χ3n) is 2.98. The summed E-state index contributed by atoms with van der Waals surface area (Å²) in [5.41, 5.74) is 0.587. The molecule has 1 atom stereocenters. The first-order valence-corrected chi connectivity index (χ1v) is 7.16. The van der Waals surface area contributed by atoms with Crippen molar-refractivity contribution in [3.8, 4) is 5.69 Å². The number of aromatic nitrogens is 2. The lowest BCUT2D eigenvalue weighted by Gasteiger charge is -2.04. The largest absolute Gasteiger partial charge is 0.295 e. The average molecular weight is 282 g/mol. The fraction of sp³-hybridized carbons (Fsp3) is 0.250. The van der Waals surface area contributed by atoms with Gasteiger partial charge in [0.2, 0.25) is 0 Å². The maximum absolute atomic E-state index is 12.2. The number of nitrogens with zero attached hydrogens (tertiary/aromatic N) is 1. The van der Waals surface area contributed by atoms with E-state index in [9.17, 15) is 13.2 Å². The number of H-pyrrole nitrogens is 1.